The zero-order valence-corrected chi connectivity index (χ0v) is 14.7. The number of thiazole rings is 1. The van der Waals surface area contributed by atoms with Crippen molar-refractivity contribution in [3.05, 3.63) is 11.1 Å². The second-order valence-corrected chi connectivity index (χ2v) is 7.99. The van der Waals surface area contributed by atoms with Crippen LogP contribution in [-0.4, -0.2) is 63.0 Å². The second-order valence-electron chi connectivity index (χ2n) is 7.10. The van der Waals surface area contributed by atoms with Gasteiger partial charge in [0.1, 0.15) is 6.10 Å². The van der Waals surface area contributed by atoms with Crippen LogP contribution in [0.3, 0.4) is 0 Å². The Hall–Kier alpha value is -1.22. The van der Waals surface area contributed by atoms with Crippen molar-refractivity contribution in [2.24, 2.45) is 0 Å². The van der Waals surface area contributed by atoms with Crippen molar-refractivity contribution in [3.63, 3.8) is 0 Å². The molecule has 3 rings (SSSR count). The number of nitrogens with two attached hydrogens (primary N) is 1. The number of hydrogen-bond acceptors (Lipinski definition) is 7. The van der Waals surface area contributed by atoms with Gasteiger partial charge in [0.2, 0.25) is 5.91 Å². The summed E-state index contributed by atoms with van der Waals surface area (Å²) in [5.41, 5.74) is 4.90. The smallest absolute Gasteiger partial charge is 0.222 e. The second kappa shape index (κ2) is 6.59. The molecule has 4 N–H and O–H groups in total. The summed E-state index contributed by atoms with van der Waals surface area (Å²) in [7, 11) is 0. The third-order valence-electron chi connectivity index (χ3n) is 5.14. The Labute approximate surface area is 145 Å². The summed E-state index contributed by atoms with van der Waals surface area (Å²) >= 11 is 1.39. The molecule has 1 spiro atoms. The summed E-state index contributed by atoms with van der Waals surface area (Å²) in [5.74, 6) is 0.110. The van der Waals surface area contributed by atoms with Gasteiger partial charge in [-0.3, -0.25) is 4.79 Å². The molecule has 2 saturated heterocycles. The van der Waals surface area contributed by atoms with Crippen molar-refractivity contribution in [1.82, 2.24) is 9.88 Å². The van der Waals surface area contributed by atoms with Crippen LogP contribution in [0.5, 0.6) is 0 Å². The lowest BCUT2D eigenvalue weighted by Crippen LogP contribution is -2.59. The molecule has 0 aromatic carbocycles. The van der Waals surface area contributed by atoms with Gasteiger partial charge in [-0.15, -0.1) is 11.3 Å². The van der Waals surface area contributed by atoms with E-state index in [2.05, 4.69) is 4.98 Å². The summed E-state index contributed by atoms with van der Waals surface area (Å²) < 4.78 is 5.84. The number of hydrogen-bond donors (Lipinski definition) is 3. The topological polar surface area (TPSA) is 109 Å². The fourth-order valence-corrected chi connectivity index (χ4v) is 4.17. The highest BCUT2D eigenvalue weighted by Crippen LogP contribution is 2.39. The van der Waals surface area contributed by atoms with Gasteiger partial charge >= 0.3 is 0 Å². The van der Waals surface area contributed by atoms with E-state index in [0.717, 1.165) is 5.69 Å². The fourth-order valence-electron chi connectivity index (χ4n) is 3.57. The average molecular weight is 355 g/mol. The number of aryl methyl sites for hydroxylation is 1. The van der Waals surface area contributed by atoms with Gasteiger partial charge in [-0.2, -0.15) is 0 Å². The molecule has 8 heteroatoms. The molecule has 3 heterocycles. The molecule has 2 atom stereocenters. The Morgan fingerprint density at radius 1 is 1.54 bits per heavy atom. The van der Waals surface area contributed by atoms with Gasteiger partial charge in [-0.25, -0.2) is 4.98 Å². The van der Waals surface area contributed by atoms with Crippen molar-refractivity contribution < 1.29 is 19.7 Å². The number of nitrogens with zero attached hydrogens (tertiary/aromatic N) is 2. The first-order valence-corrected chi connectivity index (χ1v) is 9.20. The van der Waals surface area contributed by atoms with Crippen LogP contribution in [0.25, 0.3) is 0 Å². The highest BCUT2D eigenvalue weighted by molar-refractivity contribution is 7.13. The van der Waals surface area contributed by atoms with E-state index in [1.165, 1.54) is 11.3 Å². The van der Waals surface area contributed by atoms with Crippen LogP contribution in [0, 0.1) is 0 Å². The van der Waals surface area contributed by atoms with E-state index in [4.69, 9.17) is 10.5 Å². The molecule has 134 valence electrons. The standard InChI is InChI=1S/C16H25N3O4S/c1-15(22)10-16(23-8-12(15)20)4-6-19(7-5-16)13(21)3-2-11-9-24-14(17)18-11/h9,12,20,22H,2-8,10H2,1H3,(H2,17,18)/t12-,15-/m0/s1. The number of likely N-dealkylation sites (tertiary alicyclic amines) is 1. The Bertz CT molecular complexity index is 596. The maximum absolute atomic E-state index is 12.4. The number of amides is 1. The number of rotatable bonds is 3. The van der Waals surface area contributed by atoms with Crippen LogP contribution >= 0.6 is 11.3 Å². The average Bonchev–Trinajstić information content (AvgIpc) is 2.95. The van der Waals surface area contributed by atoms with E-state index < -0.39 is 17.3 Å². The third kappa shape index (κ3) is 3.72. The minimum atomic E-state index is -1.13. The van der Waals surface area contributed by atoms with Gasteiger partial charge < -0.3 is 25.6 Å². The lowest BCUT2D eigenvalue weighted by atomic mass is 9.76. The number of nitrogen functional groups attached to an aromatic ring is 1. The predicted octanol–water partition coefficient (Wildman–Crippen LogP) is 0.551. The summed E-state index contributed by atoms with van der Waals surface area (Å²) in [5, 5.41) is 22.6. The SMILES string of the molecule is C[C@]1(O)CC2(CCN(C(=O)CCc3csc(N)n3)CC2)OC[C@@H]1O. The molecular formula is C16H25N3O4S. The molecule has 7 nitrogen and oxygen atoms in total. The highest BCUT2D eigenvalue weighted by atomic mass is 32.1. The molecule has 24 heavy (non-hydrogen) atoms. The molecule has 0 aliphatic carbocycles. The normalized spacial score (nSPS) is 29.8. The van der Waals surface area contributed by atoms with Gasteiger partial charge in [0.15, 0.2) is 5.13 Å². The third-order valence-corrected chi connectivity index (χ3v) is 5.86. The van der Waals surface area contributed by atoms with Crippen LogP contribution in [0.4, 0.5) is 5.13 Å². The van der Waals surface area contributed by atoms with Gasteiger partial charge in [0.25, 0.3) is 0 Å². The van der Waals surface area contributed by atoms with Gasteiger partial charge in [-0.05, 0) is 26.2 Å². The number of carbonyl (C=O) groups excluding carboxylic acids is 1. The van der Waals surface area contributed by atoms with Crippen LogP contribution in [0.1, 0.15) is 38.3 Å². The first-order chi connectivity index (χ1) is 11.3. The van der Waals surface area contributed by atoms with E-state index in [0.29, 0.717) is 50.3 Å². The molecule has 0 bridgehead atoms. The molecule has 0 radical (unpaired) electrons. The number of piperidine rings is 1. The van der Waals surface area contributed by atoms with Gasteiger partial charge in [-0.1, -0.05) is 0 Å². The van der Waals surface area contributed by atoms with E-state index in [1.54, 1.807) is 6.92 Å². The van der Waals surface area contributed by atoms with Crippen LogP contribution in [0.15, 0.2) is 5.38 Å². The Kier molecular flexibility index (Phi) is 4.83. The first-order valence-electron chi connectivity index (χ1n) is 8.32. The first kappa shape index (κ1) is 17.6. The van der Waals surface area contributed by atoms with Gasteiger partial charge in [0.05, 0.1) is 23.5 Å². The summed E-state index contributed by atoms with van der Waals surface area (Å²) in [4.78, 5) is 18.4. The quantitative estimate of drug-likeness (QED) is 0.731. The van der Waals surface area contributed by atoms with E-state index in [9.17, 15) is 15.0 Å². The fraction of sp³-hybridized carbons (Fsp3) is 0.750. The molecule has 1 aromatic heterocycles. The Morgan fingerprint density at radius 2 is 2.25 bits per heavy atom. The number of carbonyl (C=O) groups is 1. The zero-order valence-electron chi connectivity index (χ0n) is 13.9. The molecule has 1 aromatic rings. The molecule has 1 amide bonds. The predicted molar refractivity (Wildman–Crippen MR) is 90.6 cm³/mol. The van der Waals surface area contributed by atoms with Crippen LogP contribution in [-0.2, 0) is 16.0 Å². The lowest BCUT2D eigenvalue weighted by Gasteiger charge is -2.49. The number of aromatic nitrogens is 1. The molecule has 2 aliphatic rings. The van der Waals surface area contributed by atoms with E-state index in [-0.39, 0.29) is 12.5 Å². The largest absolute Gasteiger partial charge is 0.388 e. The maximum atomic E-state index is 12.4. The Balaban J connectivity index is 1.50. The van der Waals surface area contributed by atoms with Crippen molar-refractivity contribution in [3.8, 4) is 0 Å². The van der Waals surface area contributed by atoms with Crippen LogP contribution < -0.4 is 5.73 Å². The highest BCUT2D eigenvalue weighted by Gasteiger charge is 2.48. The summed E-state index contributed by atoms with van der Waals surface area (Å²) in [6, 6.07) is 0. The van der Waals surface area contributed by atoms with E-state index >= 15 is 0 Å². The van der Waals surface area contributed by atoms with E-state index in [1.807, 2.05) is 10.3 Å². The number of anilines is 1. The molecule has 2 fully saturated rings. The number of aliphatic hydroxyl groups excluding tert-OH is 1. The monoisotopic (exact) mass is 355 g/mol. The molecule has 2 aliphatic heterocycles. The number of ether oxygens (including phenoxy) is 1. The minimum Gasteiger partial charge on any atom is -0.388 e. The zero-order chi connectivity index (χ0) is 17.4. The summed E-state index contributed by atoms with van der Waals surface area (Å²) in [6.07, 6.45) is 1.95. The maximum Gasteiger partial charge on any atom is 0.222 e. The van der Waals surface area contributed by atoms with Gasteiger partial charge in [0, 0.05) is 31.3 Å². The Morgan fingerprint density at radius 3 is 2.83 bits per heavy atom. The molecular weight excluding hydrogens is 330 g/mol. The molecule has 0 saturated carbocycles. The lowest BCUT2D eigenvalue weighted by molar-refractivity contribution is -0.222. The molecule has 0 unspecified atom stereocenters. The minimum absolute atomic E-state index is 0.110. The summed E-state index contributed by atoms with van der Waals surface area (Å²) in [6.45, 7) is 3.03. The van der Waals surface area contributed by atoms with Crippen molar-refractivity contribution in [2.45, 2.75) is 56.3 Å². The van der Waals surface area contributed by atoms with Crippen molar-refractivity contribution >= 4 is 22.4 Å². The van der Waals surface area contributed by atoms with Crippen LogP contribution in [0.2, 0.25) is 0 Å². The van der Waals surface area contributed by atoms with Crippen molar-refractivity contribution in [1.29, 1.82) is 0 Å². The van der Waals surface area contributed by atoms with Crippen molar-refractivity contribution in [2.75, 3.05) is 25.4 Å². The number of aliphatic hydroxyl groups is 2.